The maximum absolute atomic E-state index is 12.5. The van der Waals surface area contributed by atoms with Gasteiger partial charge in [0.15, 0.2) is 6.61 Å². The third-order valence-electron chi connectivity index (χ3n) is 4.98. The van der Waals surface area contributed by atoms with Crippen LogP contribution < -0.4 is 10.1 Å². The summed E-state index contributed by atoms with van der Waals surface area (Å²) in [5, 5.41) is 2.86. The molecule has 156 valence electrons. The average molecular weight is 494 g/mol. The normalized spacial score (nSPS) is 13.9. The molecule has 4 nitrogen and oxygen atoms in total. The van der Waals surface area contributed by atoms with Crippen LogP contribution >= 0.6 is 27.7 Å². The first-order valence-electron chi connectivity index (χ1n) is 9.73. The first-order valence-corrected chi connectivity index (χ1v) is 11.3. The number of nitrogens with one attached hydrogen (secondary N) is 1. The molecule has 0 radical (unpaired) electrons. The second kappa shape index (κ2) is 9.12. The summed E-state index contributed by atoms with van der Waals surface area (Å²) in [6.45, 7) is 3.93. The van der Waals surface area contributed by atoms with Crippen LogP contribution in [0.1, 0.15) is 27.0 Å². The Balaban J connectivity index is 1.36. The van der Waals surface area contributed by atoms with Gasteiger partial charge in [-0.2, -0.15) is 0 Å². The number of rotatable bonds is 5. The van der Waals surface area contributed by atoms with Crippen LogP contribution in [0.5, 0.6) is 5.75 Å². The van der Waals surface area contributed by atoms with Gasteiger partial charge < -0.3 is 10.1 Å². The molecular formula is C25H20BrNO3S. The SMILES string of the molecule is Cc1cc(Br)c(NC(=O)COc2ccc(/C=C3\Sc4ccccc4C3=O)cc2)cc1C. The van der Waals surface area contributed by atoms with E-state index < -0.39 is 0 Å². The molecule has 1 heterocycles. The molecule has 0 unspecified atom stereocenters. The lowest BCUT2D eigenvalue weighted by Crippen LogP contribution is -2.20. The third kappa shape index (κ3) is 4.92. The number of allylic oxidation sites excluding steroid dienone is 1. The smallest absolute Gasteiger partial charge is 0.262 e. The molecule has 1 amide bonds. The van der Waals surface area contributed by atoms with Crippen LogP contribution in [0, 0.1) is 13.8 Å². The van der Waals surface area contributed by atoms with Crippen LogP contribution in [0.4, 0.5) is 5.69 Å². The van der Waals surface area contributed by atoms with Crippen molar-refractivity contribution in [2.75, 3.05) is 11.9 Å². The molecule has 1 aliphatic rings. The van der Waals surface area contributed by atoms with Gasteiger partial charge in [0, 0.05) is 14.9 Å². The monoisotopic (exact) mass is 493 g/mol. The molecule has 0 saturated carbocycles. The maximum Gasteiger partial charge on any atom is 0.262 e. The molecule has 31 heavy (non-hydrogen) atoms. The highest BCUT2D eigenvalue weighted by Crippen LogP contribution is 2.40. The summed E-state index contributed by atoms with van der Waals surface area (Å²) in [5.74, 6) is 0.404. The van der Waals surface area contributed by atoms with E-state index in [1.54, 1.807) is 12.1 Å². The van der Waals surface area contributed by atoms with Crippen molar-refractivity contribution in [3.8, 4) is 5.75 Å². The molecule has 1 N–H and O–H groups in total. The predicted molar refractivity (Wildman–Crippen MR) is 129 cm³/mol. The minimum atomic E-state index is -0.235. The molecule has 0 aromatic heterocycles. The summed E-state index contributed by atoms with van der Waals surface area (Å²) in [7, 11) is 0. The number of thioether (sulfide) groups is 1. The van der Waals surface area contributed by atoms with Crippen molar-refractivity contribution in [3.05, 3.63) is 92.3 Å². The number of ketones is 1. The maximum atomic E-state index is 12.5. The summed E-state index contributed by atoms with van der Waals surface area (Å²) in [6.07, 6.45) is 1.88. The van der Waals surface area contributed by atoms with Gasteiger partial charge in [0.05, 0.1) is 10.6 Å². The number of carbonyl (C=O) groups excluding carboxylic acids is 2. The van der Waals surface area contributed by atoms with E-state index in [0.29, 0.717) is 10.7 Å². The second-order valence-corrected chi connectivity index (χ2v) is 9.20. The molecule has 1 aliphatic heterocycles. The molecule has 0 aliphatic carbocycles. The standard InChI is InChI=1S/C25H20BrNO3S/c1-15-11-20(26)21(12-16(15)2)27-24(28)14-30-18-9-7-17(8-10-18)13-23-25(29)19-5-3-4-6-22(19)31-23/h3-13H,14H2,1-2H3,(H,27,28)/b23-13-. The summed E-state index contributed by atoms with van der Waals surface area (Å²) in [5.41, 5.74) is 4.63. The number of fused-ring (bicyclic) bond motifs is 1. The van der Waals surface area contributed by atoms with Crippen LogP contribution in [0.15, 0.2) is 74.9 Å². The van der Waals surface area contributed by atoms with E-state index in [1.165, 1.54) is 11.8 Å². The summed E-state index contributed by atoms with van der Waals surface area (Å²) >= 11 is 4.96. The fraction of sp³-hybridized carbons (Fsp3) is 0.120. The highest BCUT2D eigenvalue weighted by molar-refractivity contribution is 9.10. The number of carbonyl (C=O) groups is 2. The number of anilines is 1. The zero-order valence-corrected chi connectivity index (χ0v) is 19.5. The number of Topliss-reactive ketones (excluding diaryl/α,β-unsaturated/α-hetero) is 1. The van der Waals surface area contributed by atoms with Crippen molar-refractivity contribution < 1.29 is 14.3 Å². The Morgan fingerprint density at radius 1 is 1.06 bits per heavy atom. The van der Waals surface area contributed by atoms with Crippen molar-refractivity contribution >= 4 is 51.1 Å². The van der Waals surface area contributed by atoms with Crippen molar-refractivity contribution in [2.45, 2.75) is 18.7 Å². The van der Waals surface area contributed by atoms with E-state index in [0.717, 1.165) is 37.3 Å². The van der Waals surface area contributed by atoms with Gasteiger partial charge in [0.2, 0.25) is 5.78 Å². The van der Waals surface area contributed by atoms with Gasteiger partial charge in [0.25, 0.3) is 5.91 Å². The predicted octanol–water partition coefficient (Wildman–Crippen LogP) is 6.41. The van der Waals surface area contributed by atoms with Crippen LogP contribution in [0.25, 0.3) is 6.08 Å². The Morgan fingerprint density at radius 3 is 2.52 bits per heavy atom. The van der Waals surface area contributed by atoms with Crippen LogP contribution in [-0.2, 0) is 4.79 Å². The molecule has 3 aromatic rings. The molecule has 0 saturated heterocycles. The zero-order valence-electron chi connectivity index (χ0n) is 17.1. The van der Waals surface area contributed by atoms with Crippen LogP contribution in [-0.4, -0.2) is 18.3 Å². The fourth-order valence-corrected chi connectivity index (χ4v) is 4.77. The zero-order chi connectivity index (χ0) is 22.0. The van der Waals surface area contributed by atoms with Gasteiger partial charge in [-0.05, 0) is 88.9 Å². The number of ether oxygens (including phenoxy) is 1. The number of hydrogen-bond donors (Lipinski definition) is 1. The van der Waals surface area contributed by atoms with E-state index in [1.807, 2.05) is 68.5 Å². The molecule has 0 fully saturated rings. The quantitative estimate of drug-likeness (QED) is 0.417. The van der Waals surface area contributed by atoms with Crippen LogP contribution in [0.2, 0.25) is 0 Å². The average Bonchev–Trinajstić information content (AvgIpc) is 3.07. The Hall–Kier alpha value is -2.83. The van der Waals surface area contributed by atoms with E-state index >= 15 is 0 Å². The van der Waals surface area contributed by atoms with Crippen molar-refractivity contribution in [1.82, 2.24) is 0 Å². The third-order valence-corrected chi connectivity index (χ3v) is 6.74. The number of benzene rings is 3. The van der Waals surface area contributed by atoms with E-state index in [9.17, 15) is 9.59 Å². The summed E-state index contributed by atoms with van der Waals surface area (Å²) in [6, 6.07) is 18.9. The molecule has 4 rings (SSSR count). The highest BCUT2D eigenvalue weighted by Gasteiger charge is 2.25. The Morgan fingerprint density at radius 2 is 1.77 bits per heavy atom. The van der Waals surface area contributed by atoms with E-state index in [2.05, 4.69) is 21.2 Å². The van der Waals surface area contributed by atoms with Gasteiger partial charge in [0.1, 0.15) is 5.75 Å². The second-order valence-electron chi connectivity index (χ2n) is 7.26. The molecular weight excluding hydrogens is 474 g/mol. The number of halogens is 1. The minimum Gasteiger partial charge on any atom is -0.484 e. The van der Waals surface area contributed by atoms with Crippen LogP contribution in [0.3, 0.4) is 0 Å². The van der Waals surface area contributed by atoms with E-state index in [4.69, 9.17) is 4.74 Å². The molecule has 0 bridgehead atoms. The van der Waals surface area contributed by atoms with E-state index in [-0.39, 0.29) is 18.3 Å². The van der Waals surface area contributed by atoms with Gasteiger partial charge in [-0.25, -0.2) is 0 Å². The number of hydrogen-bond acceptors (Lipinski definition) is 4. The Bertz CT molecular complexity index is 1200. The minimum absolute atomic E-state index is 0.0510. The number of amides is 1. The van der Waals surface area contributed by atoms with Gasteiger partial charge in [-0.15, -0.1) is 0 Å². The fourth-order valence-electron chi connectivity index (χ4n) is 3.16. The lowest BCUT2D eigenvalue weighted by Gasteiger charge is -2.11. The lowest BCUT2D eigenvalue weighted by atomic mass is 10.1. The Labute approximate surface area is 193 Å². The largest absolute Gasteiger partial charge is 0.484 e. The lowest BCUT2D eigenvalue weighted by molar-refractivity contribution is -0.118. The topological polar surface area (TPSA) is 55.4 Å². The van der Waals surface area contributed by atoms with Crippen molar-refractivity contribution in [1.29, 1.82) is 0 Å². The van der Waals surface area contributed by atoms with Crippen molar-refractivity contribution in [3.63, 3.8) is 0 Å². The van der Waals surface area contributed by atoms with Gasteiger partial charge >= 0.3 is 0 Å². The molecule has 3 aromatic carbocycles. The number of aryl methyl sites for hydroxylation is 2. The van der Waals surface area contributed by atoms with Crippen molar-refractivity contribution in [2.24, 2.45) is 0 Å². The molecule has 6 heteroatoms. The van der Waals surface area contributed by atoms with Gasteiger partial charge in [-0.1, -0.05) is 36.0 Å². The first kappa shape index (κ1) is 21.4. The molecule has 0 atom stereocenters. The first-order chi connectivity index (χ1) is 14.9. The highest BCUT2D eigenvalue weighted by atomic mass is 79.9. The molecule has 0 spiro atoms. The summed E-state index contributed by atoms with van der Waals surface area (Å²) < 4.78 is 6.45. The summed E-state index contributed by atoms with van der Waals surface area (Å²) in [4.78, 5) is 26.5. The van der Waals surface area contributed by atoms with Gasteiger partial charge in [-0.3, -0.25) is 9.59 Å². The Kier molecular flexibility index (Phi) is 6.30.